The van der Waals surface area contributed by atoms with Crippen LogP contribution >= 0.6 is 46.2 Å². The van der Waals surface area contributed by atoms with E-state index in [4.69, 9.17) is 20.0 Å². The van der Waals surface area contributed by atoms with Crippen LogP contribution in [-0.4, -0.2) is 108 Å². The number of oxime groups is 1. The Bertz CT molecular complexity index is 2120. The maximum atomic E-state index is 13.4. The predicted octanol–water partition coefficient (Wildman–Crippen LogP) is -0.150. The fraction of sp³-hybridized carbons (Fsp3) is 0.241. The van der Waals surface area contributed by atoms with Crippen LogP contribution in [0.25, 0.3) is 0 Å². The Labute approximate surface area is 324 Å². The molecule has 2 atom stereocenters. The van der Waals surface area contributed by atoms with Crippen molar-refractivity contribution in [1.29, 1.82) is 0 Å². The summed E-state index contributed by atoms with van der Waals surface area (Å²) >= 11 is 4.79. The number of thioether (sulfide) groups is 2. The molecule has 288 valence electrons. The van der Waals surface area contributed by atoms with E-state index >= 15 is 0 Å². The number of β-lactam (4-membered cyclic amide) rings is 1. The second-order valence-corrected chi connectivity index (χ2v) is 14.8. The van der Waals surface area contributed by atoms with Crippen LogP contribution in [0.5, 0.6) is 11.5 Å². The van der Waals surface area contributed by atoms with Gasteiger partial charge in [-0.3, -0.25) is 44.4 Å². The number of benzene rings is 1. The summed E-state index contributed by atoms with van der Waals surface area (Å²) in [6.07, 6.45) is 0. The number of ether oxygens (including phenoxy) is 2. The molecule has 26 heteroatoms. The first-order chi connectivity index (χ1) is 26.2. The maximum Gasteiger partial charge on any atom is 0.352 e. The second-order valence-electron chi connectivity index (χ2n) is 10.7. The molecule has 2 unspecified atom stereocenters. The lowest BCUT2D eigenvalue weighted by molar-refractivity contribution is -0.150. The number of hydrogen-bond donors (Lipinski definition) is 6. The smallest absolute Gasteiger partial charge is 0.352 e. The van der Waals surface area contributed by atoms with Gasteiger partial charge in [-0.2, -0.15) is 0 Å². The molecule has 55 heavy (non-hydrogen) atoms. The van der Waals surface area contributed by atoms with Crippen LogP contribution in [0, 0.1) is 0 Å². The number of anilines is 1. The number of imide groups is 1. The number of esters is 2. The number of carbonyl (C=O) groups excluding carboxylic acids is 7. The van der Waals surface area contributed by atoms with E-state index in [9.17, 15) is 43.5 Å². The van der Waals surface area contributed by atoms with Crippen molar-refractivity contribution in [1.82, 2.24) is 41.6 Å². The number of carbonyl (C=O) groups is 8. The van der Waals surface area contributed by atoms with Crippen LogP contribution in [0.1, 0.15) is 29.9 Å². The number of urea groups is 1. The zero-order valence-corrected chi connectivity index (χ0v) is 31.3. The third kappa shape index (κ3) is 10.1. The lowest BCUT2D eigenvalue weighted by Gasteiger charge is -2.49. The van der Waals surface area contributed by atoms with E-state index < -0.39 is 71.3 Å². The Morgan fingerprint density at radius 2 is 1.82 bits per heavy atom. The van der Waals surface area contributed by atoms with E-state index in [1.807, 2.05) is 16.2 Å². The highest BCUT2D eigenvalue weighted by atomic mass is 32.2. The minimum atomic E-state index is -1.30. The van der Waals surface area contributed by atoms with Gasteiger partial charge < -0.3 is 30.5 Å². The van der Waals surface area contributed by atoms with Crippen molar-refractivity contribution in [3.63, 3.8) is 0 Å². The first-order valence-corrected chi connectivity index (χ1v) is 18.9. The molecule has 0 spiro atoms. The molecule has 2 aliphatic heterocycles. The summed E-state index contributed by atoms with van der Waals surface area (Å²) in [7, 11) is 0. The number of thiazole rings is 1. The highest BCUT2D eigenvalue weighted by Gasteiger charge is 2.54. The van der Waals surface area contributed by atoms with Crippen molar-refractivity contribution in [3.05, 3.63) is 51.6 Å². The largest absolute Gasteiger partial charge is 0.477 e. The summed E-state index contributed by atoms with van der Waals surface area (Å²) in [6.45, 7) is 1.33. The second kappa shape index (κ2) is 17.8. The number of nitrogens with zero attached hydrogens (tertiary/aromatic N) is 5. The third-order valence-corrected chi connectivity index (χ3v) is 10.8. The number of amides is 6. The van der Waals surface area contributed by atoms with E-state index in [1.165, 1.54) is 52.4 Å². The van der Waals surface area contributed by atoms with Gasteiger partial charge in [0.1, 0.15) is 28.3 Å². The molecule has 22 nitrogen and oxygen atoms in total. The maximum absolute atomic E-state index is 13.4. The summed E-state index contributed by atoms with van der Waals surface area (Å²) in [5, 5.41) is 26.4. The van der Waals surface area contributed by atoms with Crippen LogP contribution in [0.15, 0.2) is 49.9 Å². The number of hydrazine groups is 1. The van der Waals surface area contributed by atoms with Crippen LogP contribution in [-0.2, 0) is 33.6 Å². The molecule has 1 saturated heterocycles. The first kappa shape index (κ1) is 40.1. The number of carboxylic acids is 1. The van der Waals surface area contributed by atoms with Gasteiger partial charge in [0.05, 0.1) is 0 Å². The van der Waals surface area contributed by atoms with E-state index in [0.717, 1.165) is 36.2 Å². The summed E-state index contributed by atoms with van der Waals surface area (Å²) in [5.74, 6) is -6.30. The summed E-state index contributed by atoms with van der Waals surface area (Å²) < 4.78 is 10.5. The lowest BCUT2D eigenvalue weighted by Crippen LogP contribution is -2.71. The van der Waals surface area contributed by atoms with Crippen molar-refractivity contribution in [2.24, 2.45) is 5.16 Å². The molecule has 0 aliphatic carbocycles. The highest BCUT2D eigenvalue weighted by Crippen LogP contribution is 2.41. The molecule has 3 aromatic rings. The number of carboxylic acid groups (broad SMARTS) is 1. The Balaban J connectivity index is 1.16. The van der Waals surface area contributed by atoms with Gasteiger partial charge in [0, 0.05) is 36.3 Å². The van der Waals surface area contributed by atoms with Crippen LogP contribution in [0.3, 0.4) is 0 Å². The average Bonchev–Trinajstić information content (AvgIpc) is 3.82. The lowest BCUT2D eigenvalue weighted by atomic mass is 10.0. The average molecular weight is 835 g/mol. The number of aromatic nitrogens is 3. The van der Waals surface area contributed by atoms with E-state index in [-0.39, 0.29) is 45.1 Å². The SMILES string of the molecule is CC(=O)Oc1ccc(C(=O)NC(=O)NNC(=O)CO/N=C(/C(=O)NC2C(=O)N3C(C(=O)O)=C(CSc4nncs4)CSC23)c2csc(N)n2)cc1OC(C)=O. The minimum Gasteiger partial charge on any atom is -0.477 e. The molecule has 0 bridgehead atoms. The topological polar surface area (TPSA) is 313 Å². The van der Waals surface area contributed by atoms with Crippen LogP contribution in [0.2, 0.25) is 0 Å². The Hall–Kier alpha value is -6.12. The molecule has 1 aromatic carbocycles. The number of nitrogens with one attached hydrogen (secondary N) is 4. The summed E-state index contributed by atoms with van der Waals surface area (Å²) in [6, 6.07) is 1.06. The number of hydrogen-bond acceptors (Lipinski definition) is 20. The molecular formula is C29H26N10O12S4. The van der Waals surface area contributed by atoms with Crippen molar-refractivity contribution >= 4 is 105 Å². The van der Waals surface area contributed by atoms with Gasteiger partial charge in [0.25, 0.3) is 23.6 Å². The van der Waals surface area contributed by atoms with Crippen molar-refractivity contribution in [2.45, 2.75) is 29.6 Å². The highest BCUT2D eigenvalue weighted by molar-refractivity contribution is 8.01. The minimum absolute atomic E-state index is 0.0591. The molecule has 0 saturated carbocycles. The molecule has 5 rings (SSSR count). The molecule has 6 amide bonds. The monoisotopic (exact) mass is 834 g/mol. The van der Waals surface area contributed by atoms with Gasteiger partial charge >= 0.3 is 23.9 Å². The summed E-state index contributed by atoms with van der Waals surface area (Å²) in [4.78, 5) is 109. The molecule has 0 radical (unpaired) electrons. The van der Waals surface area contributed by atoms with E-state index in [0.29, 0.717) is 9.91 Å². The molecule has 2 aromatic heterocycles. The summed E-state index contributed by atoms with van der Waals surface area (Å²) in [5.41, 5.74) is 10.7. The van der Waals surface area contributed by atoms with Gasteiger partial charge in [-0.1, -0.05) is 28.3 Å². The van der Waals surface area contributed by atoms with E-state index in [1.54, 1.807) is 5.51 Å². The molecule has 4 heterocycles. The number of nitrogens with two attached hydrogens (primary N) is 1. The number of rotatable bonds is 13. The van der Waals surface area contributed by atoms with Gasteiger partial charge in [-0.05, 0) is 23.8 Å². The van der Waals surface area contributed by atoms with Crippen LogP contribution < -0.4 is 36.7 Å². The van der Waals surface area contributed by atoms with Gasteiger partial charge in [0.15, 0.2) is 33.3 Å². The predicted molar refractivity (Wildman–Crippen MR) is 193 cm³/mol. The van der Waals surface area contributed by atoms with Gasteiger partial charge in [-0.25, -0.2) is 20.0 Å². The first-order valence-electron chi connectivity index (χ1n) is 15.1. The Morgan fingerprint density at radius 3 is 2.47 bits per heavy atom. The fourth-order valence-electron chi connectivity index (χ4n) is 4.63. The van der Waals surface area contributed by atoms with Crippen molar-refractivity contribution in [3.8, 4) is 11.5 Å². The van der Waals surface area contributed by atoms with Crippen molar-refractivity contribution < 1.29 is 57.8 Å². The zero-order valence-electron chi connectivity index (χ0n) is 28.0. The number of fused-ring (bicyclic) bond motifs is 1. The Morgan fingerprint density at radius 1 is 1.07 bits per heavy atom. The molecule has 7 N–H and O–H groups in total. The van der Waals surface area contributed by atoms with E-state index in [2.05, 4.69) is 25.7 Å². The van der Waals surface area contributed by atoms with Gasteiger partial charge in [-0.15, -0.1) is 33.3 Å². The normalized spacial score (nSPS) is 16.2. The quantitative estimate of drug-likeness (QED) is 0.0326. The van der Waals surface area contributed by atoms with Crippen molar-refractivity contribution in [2.75, 3.05) is 23.8 Å². The zero-order chi connectivity index (χ0) is 39.8. The number of nitrogen functional groups attached to an aromatic ring is 1. The third-order valence-electron chi connectivity index (χ3n) is 6.83. The Kier molecular flexibility index (Phi) is 13.0. The molecule has 1 fully saturated rings. The molecular weight excluding hydrogens is 809 g/mol. The number of aliphatic carboxylic acids is 1. The molecule has 2 aliphatic rings. The fourth-order valence-corrected chi connectivity index (χ4v) is 8.15. The standard InChI is InChI=1S/C29H26N10O12S4/c1-11(40)50-16-4-3-13(5-17(16)51-12(2)41)22(43)34-28(48)36-35-18(42)6-49-38-19(15-9-53-27(30)32-15)23(44)33-20-24(45)39-21(26(46)47)14(7-52-25(20)39)8-54-29-37-31-10-55-29/h3-5,9-10,20,25H,6-8H2,1-2H3,(H2,30,32)(H,33,44)(H,35,42)(H,46,47)(H2,34,36,43,48)/b38-19+. The van der Waals surface area contributed by atoms with Crippen LogP contribution in [0.4, 0.5) is 9.93 Å². The van der Waals surface area contributed by atoms with Gasteiger partial charge in [0.2, 0.25) is 0 Å².